The average molecular weight is 440 g/mol. The van der Waals surface area contributed by atoms with Gasteiger partial charge in [0.2, 0.25) is 0 Å². The zero-order chi connectivity index (χ0) is 22.7. The smallest absolute Gasteiger partial charge is 0.328 e. The largest absolute Gasteiger partial charge is 0.467 e. The van der Waals surface area contributed by atoms with Gasteiger partial charge in [0.25, 0.3) is 0 Å². The van der Waals surface area contributed by atoms with Crippen molar-refractivity contribution in [1.29, 1.82) is 0 Å². The number of amides is 2. The number of ether oxygens (including phenoxy) is 1. The number of benzene rings is 2. The van der Waals surface area contributed by atoms with Gasteiger partial charge in [0.1, 0.15) is 23.7 Å². The molecule has 166 valence electrons. The fourth-order valence-corrected chi connectivity index (χ4v) is 3.95. The number of hydrogen-bond acceptors (Lipinski definition) is 4. The second-order valence-electron chi connectivity index (χ2n) is 7.49. The number of aromatic nitrogens is 2. The first-order valence-electron chi connectivity index (χ1n) is 10.1. The molecule has 2 amide bonds. The summed E-state index contributed by atoms with van der Waals surface area (Å²) in [5.41, 5.74) is 2.01. The van der Waals surface area contributed by atoms with E-state index in [1.807, 2.05) is 30.3 Å². The third kappa shape index (κ3) is 4.32. The topological polar surface area (TPSA) is 87.3 Å². The second-order valence-corrected chi connectivity index (χ2v) is 7.49. The van der Waals surface area contributed by atoms with E-state index < -0.39 is 35.7 Å². The van der Waals surface area contributed by atoms with E-state index in [-0.39, 0.29) is 18.5 Å². The summed E-state index contributed by atoms with van der Waals surface area (Å²) in [7, 11) is 1.24. The van der Waals surface area contributed by atoms with Crippen LogP contribution in [0.4, 0.5) is 13.6 Å². The number of nitrogens with one attached hydrogen (secondary N) is 2. The molecule has 0 unspecified atom stereocenters. The van der Waals surface area contributed by atoms with Crippen LogP contribution in [-0.2, 0) is 22.4 Å². The third-order valence-electron chi connectivity index (χ3n) is 5.50. The van der Waals surface area contributed by atoms with Gasteiger partial charge in [0, 0.05) is 30.6 Å². The number of imidazole rings is 1. The van der Waals surface area contributed by atoms with Crippen LogP contribution in [0.15, 0.2) is 54.9 Å². The van der Waals surface area contributed by atoms with Crippen LogP contribution in [0.3, 0.4) is 0 Å². The Hall–Kier alpha value is -3.75. The van der Waals surface area contributed by atoms with E-state index in [1.165, 1.54) is 18.3 Å². The Balaban J connectivity index is 1.64. The van der Waals surface area contributed by atoms with Crippen molar-refractivity contribution in [2.75, 3.05) is 13.7 Å². The molecule has 0 saturated heterocycles. The minimum atomic E-state index is -0.950. The molecule has 1 aliphatic rings. The van der Waals surface area contributed by atoms with Gasteiger partial charge in [-0.1, -0.05) is 30.3 Å². The summed E-state index contributed by atoms with van der Waals surface area (Å²) >= 11 is 0. The highest BCUT2D eigenvalue weighted by atomic mass is 19.1. The maximum atomic E-state index is 14.7. The Labute approximate surface area is 183 Å². The second kappa shape index (κ2) is 9.17. The van der Waals surface area contributed by atoms with Crippen molar-refractivity contribution in [1.82, 2.24) is 20.2 Å². The van der Waals surface area contributed by atoms with Crippen molar-refractivity contribution in [3.63, 3.8) is 0 Å². The molecular formula is C23H22F2N4O3. The molecule has 0 radical (unpaired) electrons. The van der Waals surface area contributed by atoms with Crippen LogP contribution >= 0.6 is 0 Å². The molecule has 7 nitrogen and oxygen atoms in total. The SMILES string of the molecule is COC(=O)[C@@H](Cc1ccccc1)NC(=O)N1CCc2[nH]cnc2[C@@H]1c1cc(F)ccc1F. The number of esters is 1. The molecule has 0 spiro atoms. The Bertz CT molecular complexity index is 1120. The van der Waals surface area contributed by atoms with Crippen molar-refractivity contribution < 1.29 is 23.1 Å². The number of hydrogen-bond donors (Lipinski definition) is 2. The summed E-state index contributed by atoms with van der Waals surface area (Å²) < 4.78 is 33.5. The molecule has 2 atom stereocenters. The monoisotopic (exact) mass is 440 g/mol. The first-order valence-corrected chi connectivity index (χ1v) is 10.1. The van der Waals surface area contributed by atoms with Gasteiger partial charge in [0.15, 0.2) is 0 Å². The number of H-pyrrole nitrogens is 1. The molecular weight excluding hydrogens is 418 g/mol. The number of urea groups is 1. The molecule has 9 heteroatoms. The van der Waals surface area contributed by atoms with Crippen molar-refractivity contribution >= 4 is 12.0 Å². The highest BCUT2D eigenvalue weighted by molar-refractivity contribution is 5.84. The van der Waals surface area contributed by atoms with E-state index in [2.05, 4.69) is 15.3 Å². The summed E-state index contributed by atoms with van der Waals surface area (Å²) in [5, 5.41) is 2.70. The lowest BCUT2D eigenvalue weighted by Gasteiger charge is -2.36. The normalized spacial score (nSPS) is 16.2. The van der Waals surface area contributed by atoms with Crippen LogP contribution in [0.25, 0.3) is 0 Å². The minimum Gasteiger partial charge on any atom is -0.467 e. The molecule has 2 heterocycles. The lowest BCUT2D eigenvalue weighted by atomic mass is 9.95. The lowest BCUT2D eigenvalue weighted by Crippen LogP contribution is -2.52. The van der Waals surface area contributed by atoms with Crippen molar-refractivity contribution in [2.45, 2.75) is 24.9 Å². The zero-order valence-corrected chi connectivity index (χ0v) is 17.3. The van der Waals surface area contributed by atoms with Gasteiger partial charge in [-0.25, -0.2) is 23.4 Å². The van der Waals surface area contributed by atoms with Gasteiger partial charge in [-0.15, -0.1) is 0 Å². The molecule has 2 aromatic carbocycles. The van der Waals surface area contributed by atoms with E-state index in [0.29, 0.717) is 12.1 Å². The van der Waals surface area contributed by atoms with Gasteiger partial charge < -0.3 is 19.9 Å². The molecule has 1 aromatic heterocycles. The lowest BCUT2D eigenvalue weighted by molar-refractivity contribution is -0.142. The molecule has 3 aromatic rings. The summed E-state index contributed by atoms with van der Waals surface area (Å²) in [6.45, 7) is 0.223. The molecule has 0 aliphatic carbocycles. The molecule has 0 bridgehead atoms. The van der Waals surface area contributed by atoms with Gasteiger partial charge in [-0.2, -0.15) is 0 Å². The fourth-order valence-electron chi connectivity index (χ4n) is 3.95. The summed E-state index contributed by atoms with van der Waals surface area (Å²) in [6, 6.07) is 9.79. The molecule has 1 aliphatic heterocycles. The number of carbonyl (C=O) groups excluding carboxylic acids is 2. The van der Waals surface area contributed by atoms with Crippen LogP contribution in [0.1, 0.15) is 28.6 Å². The van der Waals surface area contributed by atoms with Crippen LogP contribution in [-0.4, -0.2) is 46.6 Å². The summed E-state index contributed by atoms with van der Waals surface area (Å²) in [5.74, 6) is -1.88. The summed E-state index contributed by atoms with van der Waals surface area (Å²) in [6.07, 6.45) is 2.14. The Morgan fingerprint density at radius 3 is 2.78 bits per heavy atom. The Kier molecular flexibility index (Phi) is 6.16. The van der Waals surface area contributed by atoms with Gasteiger partial charge in [0.05, 0.1) is 19.1 Å². The van der Waals surface area contributed by atoms with Crippen molar-refractivity contribution in [3.8, 4) is 0 Å². The van der Waals surface area contributed by atoms with E-state index in [9.17, 15) is 18.4 Å². The summed E-state index contributed by atoms with van der Waals surface area (Å²) in [4.78, 5) is 34.3. The van der Waals surface area contributed by atoms with Crippen LogP contribution in [0, 0.1) is 11.6 Å². The number of rotatable bonds is 5. The number of methoxy groups -OCH3 is 1. The van der Waals surface area contributed by atoms with Crippen molar-refractivity contribution in [3.05, 3.63) is 89.0 Å². The number of halogens is 2. The maximum absolute atomic E-state index is 14.7. The molecule has 0 fully saturated rings. The number of nitrogens with zero attached hydrogens (tertiary/aromatic N) is 2. The molecule has 0 saturated carbocycles. The van der Waals surface area contributed by atoms with E-state index in [0.717, 1.165) is 29.5 Å². The minimum absolute atomic E-state index is 0.00845. The predicted octanol–water partition coefficient (Wildman–Crippen LogP) is 3.13. The van der Waals surface area contributed by atoms with Gasteiger partial charge in [-0.3, -0.25) is 0 Å². The number of fused-ring (bicyclic) bond motifs is 1. The predicted molar refractivity (Wildman–Crippen MR) is 112 cm³/mol. The quantitative estimate of drug-likeness (QED) is 0.597. The third-order valence-corrected chi connectivity index (χ3v) is 5.50. The standard InChI is InChI=1S/C23H22F2N4O3/c1-32-22(30)19(11-14-5-3-2-4-6-14)28-23(31)29-10-9-18-20(27-13-26-18)21(29)16-12-15(24)7-8-17(16)25/h2-8,12-13,19,21H,9-11H2,1H3,(H,26,27)(H,28,31)/t19-,21+/m1/s1. The Morgan fingerprint density at radius 1 is 1.25 bits per heavy atom. The van der Waals surface area contributed by atoms with Crippen LogP contribution in [0.2, 0.25) is 0 Å². The first-order chi connectivity index (χ1) is 15.5. The van der Waals surface area contributed by atoms with Crippen molar-refractivity contribution in [2.24, 2.45) is 0 Å². The zero-order valence-electron chi connectivity index (χ0n) is 17.3. The highest BCUT2D eigenvalue weighted by Gasteiger charge is 2.37. The highest BCUT2D eigenvalue weighted by Crippen LogP contribution is 2.35. The Morgan fingerprint density at radius 2 is 2.03 bits per heavy atom. The number of aromatic amines is 1. The first kappa shape index (κ1) is 21.5. The number of carbonyl (C=O) groups is 2. The van der Waals surface area contributed by atoms with E-state index in [4.69, 9.17) is 4.74 Å². The fraction of sp³-hybridized carbons (Fsp3) is 0.261. The van der Waals surface area contributed by atoms with E-state index in [1.54, 1.807) is 0 Å². The van der Waals surface area contributed by atoms with E-state index >= 15 is 0 Å². The van der Waals surface area contributed by atoms with Crippen LogP contribution in [0.5, 0.6) is 0 Å². The van der Waals surface area contributed by atoms with Crippen LogP contribution < -0.4 is 5.32 Å². The van der Waals surface area contributed by atoms with Gasteiger partial charge >= 0.3 is 12.0 Å². The molecule has 4 rings (SSSR count). The molecule has 32 heavy (non-hydrogen) atoms. The van der Waals surface area contributed by atoms with Gasteiger partial charge in [-0.05, 0) is 23.8 Å². The molecule has 2 N–H and O–H groups in total. The average Bonchev–Trinajstić information content (AvgIpc) is 3.28. The maximum Gasteiger partial charge on any atom is 0.328 e.